The summed E-state index contributed by atoms with van der Waals surface area (Å²) in [6.45, 7) is 0. The van der Waals surface area contributed by atoms with E-state index in [9.17, 15) is 0 Å². The second-order valence-corrected chi connectivity index (χ2v) is 12.9. The SMILES string of the molecule is C1=C2C=C3C4SC4C4SC4C34SC4C23SC3c2ccccc21. The van der Waals surface area contributed by atoms with Gasteiger partial charge in [0.15, 0.2) is 0 Å². The summed E-state index contributed by atoms with van der Waals surface area (Å²) in [6.07, 6.45) is 5.20. The molecule has 1 aromatic carbocycles. The van der Waals surface area contributed by atoms with Gasteiger partial charge in [-0.25, -0.2) is 0 Å². The lowest BCUT2D eigenvalue weighted by Crippen LogP contribution is -2.43. The smallest absolute Gasteiger partial charge is 0.0710 e. The second kappa shape index (κ2) is 3.14. The first-order chi connectivity index (χ1) is 10.8. The third-order valence-electron chi connectivity index (χ3n) is 6.59. The molecule has 5 fully saturated rings. The van der Waals surface area contributed by atoms with Crippen LogP contribution in [0.4, 0.5) is 0 Å². The highest BCUT2D eigenvalue weighted by atomic mass is 32.2. The normalized spacial score (nSPS) is 59.1. The average Bonchev–Trinajstić information content (AvgIpc) is 3.42. The van der Waals surface area contributed by atoms with Crippen molar-refractivity contribution in [2.45, 2.75) is 41.0 Å². The van der Waals surface area contributed by atoms with Crippen LogP contribution in [0.2, 0.25) is 0 Å². The Balaban J connectivity index is 1.41. The Labute approximate surface area is 146 Å². The van der Waals surface area contributed by atoms with Crippen LogP contribution in [0.15, 0.2) is 41.5 Å². The zero-order valence-corrected chi connectivity index (χ0v) is 14.8. The first kappa shape index (κ1) is 11.6. The summed E-state index contributed by atoms with van der Waals surface area (Å²) in [5, 5.41) is 5.43. The Bertz CT molecular complexity index is 872. The highest BCUT2D eigenvalue weighted by Gasteiger charge is 2.87. The van der Waals surface area contributed by atoms with Crippen LogP contribution in [0.25, 0.3) is 6.08 Å². The minimum absolute atomic E-state index is 0.447. The zero-order valence-electron chi connectivity index (χ0n) is 11.6. The lowest BCUT2D eigenvalue weighted by Gasteiger charge is -2.33. The molecule has 4 heterocycles. The molecular weight excluding hydrogens is 344 g/mol. The summed E-state index contributed by atoms with van der Waals surface area (Å²) < 4.78 is 1.01. The molecule has 7 aliphatic rings. The molecule has 8 rings (SSSR count). The fourth-order valence-electron chi connectivity index (χ4n) is 5.44. The molecule has 8 unspecified atom stereocenters. The Morgan fingerprint density at radius 1 is 0.909 bits per heavy atom. The van der Waals surface area contributed by atoms with E-state index in [0.29, 0.717) is 9.49 Å². The molecule has 0 N–H and O–H groups in total. The maximum Gasteiger partial charge on any atom is 0.0710 e. The maximum atomic E-state index is 2.67. The minimum atomic E-state index is 0.447. The van der Waals surface area contributed by atoms with E-state index in [4.69, 9.17) is 0 Å². The van der Waals surface area contributed by atoms with Crippen LogP contribution in [0.5, 0.6) is 0 Å². The van der Waals surface area contributed by atoms with E-state index in [0.717, 1.165) is 31.5 Å². The van der Waals surface area contributed by atoms with E-state index >= 15 is 0 Å². The number of benzene rings is 1. The predicted octanol–water partition coefficient (Wildman–Crippen LogP) is 4.39. The van der Waals surface area contributed by atoms with Crippen molar-refractivity contribution in [3.8, 4) is 0 Å². The van der Waals surface area contributed by atoms with Crippen molar-refractivity contribution in [1.82, 2.24) is 0 Å². The number of rotatable bonds is 0. The van der Waals surface area contributed by atoms with Gasteiger partial charge in [-0.3, -0.25) is 0 Å². The summed E-state index contributed by atoms with van der Waals surface area (Å²) >= 11 is 9.17. The van der Waals surface area contributed by atoms with Crippen molar-refractivity contribution in [2.75, 3.05) is 0 Å². The van der Waals surface area contributed by atoms with Gasteiger partial charge in [0, 0.05) is 26.2 Å². The average molecular weight is 357 g/mol. The molecule has 22 heavy (non-hydrogen) atoms. The van der Waals surface area contributed by atoms with Crippen LogP contribution >= 0.6 is 47.0 Å². The molecule has 108 valence electrons. The van der Waals surface area contributed by atoms with Crippen LogP contribution < -0.4 is 0 Å². The van der Waals surface area contributed by atoms with Gasteiger partial charge < -0.3 is 0 Å². The molecule has 1 aromatic rings. The summed E-state index contributed by atoms with van der Waals surface area (Å²) in [7, 11) is 0. The first-order valence-corrected chi connectivity index (χ1v) is 11.7. The Kier molecular flexibility index (Phi) is 1.66. The van der Waals surface area contributed by atoms with Gasteiger partial charge in [-0.05, 0) is 28.3 Å². The lowest BCUT2D eigenvalue weighted by atomic mass is 9.68. The van der Waals surface area contributed by atoms with Crippen LogP contribution in [0.3, 0.4) is 0 Å². The van der Waals surface area contributed by atoms with Crippen LogP contribution in [-0.2, 0) is 0 Å². The number of allylic oxidation sites excluding steroid dienone is 1. The van der Waals surface area contributed by atoms with Gasteiger partial charge in [0.25, 0.3) is 0 Å². The van der Waals surface area contributed by atoms with E-state index in [1.165, 1.54) is 5.56 Å². The monoisotopic (exact) mass is 356 g/mol. The molecule has 4 saturated heterocycles. The number of thioether (sulfide) groups is 4. The number of fused-ring (bicyclic) bond motifs is 6. The van der Waals surface area contributed by atoms with Crippen LogP contribution in [0, 0.1) is 0 Å². The fraction of sp³-hybridized carbons (Fsp3) is 0.444. The van der Waals surface area contributed by atoms with Crippen molar-refractivity contribution in [3.05, 3.63) is 52.6 Å². The van der Waals surface area contributed by atoms with E-state index < -0.39 is 0 Å². The second-order valence-electron chi connectivity index (χ2n) is 7.45. The van der Waals surface area contributed by atoms with E-state index in [1.807, 2.05) is 5.57 Å². The predicted molar refractivity (Wildman–Crippen MR) is 100 cm³/mol. The van der Waals surface area contributed by atoms with Gasteiger partial charge >= 0.3 is 0 Å². The van der Waals surface area contributed by atoms with Crippen molar-refractivity contribution in [2.24, 2.45) is 0 Å². The van der Waals surface area contributed by atoms with E-state index in [-0.39, 0.29) is 0 Å². The van der Waals surface area contributed by atoms with Crippen molar-refractivity contribution < 1.29 is 0 Å². The van der Waals surface area contributed by atoms with Crippen LogP contribution in [0.1, 0.15) is 16.4 Å². The quantitative estimate of drug-likeness (QED) is 0.632. The molecule has 3 aliphatic carbocycles. The fourth-order valence-corrected chi connectivity index (χ4v) is 13.2. The molecule has 0 nitrogen and oxygen atoms in total. The first-order valence-electron chi connectivity index (χ1n) is 8.04. The molecule has 0 aromatic heterocycles. The highest BCUT2D eigenvalue weighted by molar-refractivity contribution is 8.18. The van der Waals surface area contributed by atoms with Gasteiger partial charge in [0.2, 0.25) is 0 Å². The number of hydrogen-bond acceptors (Lipinski definition) is 4. The number of hydrogen-bond donors (Lipinski definition) is 0. The third kappa shape index (κ3) is 1.01. The van der Waals surface area contributed by atoms with Crippen molar-refractivity contribution in [1.29, 1.82) is 0 Å². The maximum absolute atomic E-state index is 2.67. The third-order valence-corrected chi connectivity index (χ3v) is 13.5. The molecular formula is C18H12S4. The van der Waals surface area contributed by atoms with E-state index in [1.54, 1.807) is 11.1 Å². The molecule has 8 atom stereocenters. The topological polar surface area (TPSA) is 0 Å². The lowest BCUT2D eigenvalue weighted by molar-refractivity contribution is 0.575. The van der Waals surface area contributed by atoms with Gasteiger partial charge in [0.1, 0.15) is 0 Å². The van der Waals surface area contributed by atoms with Crippen LogP contribution in [-0.4, -0.2) is 35.7 Å². The standard InChI is InChI=1S/C18H12S4/c1-2-4-9-7(3-1)5-8-6-10-11-12(19-11)13-15(20-13)18(10)16(22-18)17(8)14(9)21-17/h1-6,11-16H. The summed E-state index contributed by atoms with van der Waals surface area (Å²) in [6, 6.07) is 9.11. The molecule has 2 spiro atoms. The highest BCUT2D eigenvalue weighted by Crippen LogP contribution is 2.90. The van der Waals surface area contributed by atoms with Gasteiger partial charge in [-0.2, -0.15) is 0 Å². The molecule has 1 saturated carbocycles. The summed E-state index contributed by atoms with van der Waals surface area (Å²) in [5.41, 5.74) is 6.58. The molecule has 0 amide bonds. The molecule has 4 aliphatic heterocycles. The Morgan fingerprint density at radius 2 is 1.86 bits per heavy atom. The zero-order chi connectivity index (χ0) is 13.8. The summed E-state index contributed by atoms with van der Waals surface area (Å²) in [5.74, 6) is 0. The largest absolute Gasteiger partial charge is 0.150 e. The minimum Gasteiger partial charge on any atom is -0.150 e. The van der Waals surface area contributed by atoms with Crippen molar-refractivity contribution >= 4 is 53.1 Å². The Morgan fingerprint density at radius 3 is 2.86 bits per heavy atom. The molecule has 4 heteroatoms. The van der Waals surface area contributed by atoms with Crippen molar-refractivity contribution in [3.63, 3.8) is 0 Å². The van der Waals surface area contributed by atoms with Gasteiger partial charge in [-0.15, -0.1) is 47.0 Å². The molecule has 0 radical (unpaired) electrons. The molecule has 0 bridgehead atoms. The van der Waals surface area contributed by atoms with Gasteiger partial charge in [-0.1, -0.05) is 30.3 Å². The Hall–Kier alpha value is 0.1000. The summed E-state index contributed by atoms with van der Waals surface area (Å²) in [4.78, 5) is 0. The van der Waals surface area contributed by atoms with Gasteiger partial charge in [0.05, 0.1) is 14.7 Å². The van der Waals surface area contributed by atoms with E-state index in [2.05, 4.69) is 83.5 Å².